The van der Waals surface area contributed by atoms with Crippen LogP contribution < -0.4 is 0 Å². The fourth-order valence-electron chi connectivity index (χ4n) is 4.31. The van der Waals surface area contributed by atoms with E-state index in [0.717, 1.165) is 0 Å². The molecular formula is C37H23N3O. The van der Waals surface area contributed by atoms with Gasteiger partial charge in [-0.3, -0.25) is 0 Å². The van der Waals surface area contributed by atoms with E-state index in [2.05, 4.69) is 15.0 Å². The van der Waals surface area contributed by atoms with Crippen LogP contribution in [0.25, 0.3) is 78.0 Å². The molecule has 0 unspecified atom stereocenters. The smallest absolute Gasteiger partial charge is 0.164 e. The lowest BCUT2D eigenvalue weighted by molar-refractivity contribution is 0.670. The summed E-state index contributed by atoms with van der Waals surface area (Å²) in [4.78, 5) is 12.9. The van der Waals surface area contributed by atoms with Gasteiger partial charge >= 0.3 is 0 Å². The molecule has 0 aliphatic rings. The van der Waals surface area contributed by atoms with Crippen molar-refractivity contribution in [3.8, 4) is 45.3 Å². The average Bonchev–Trinajstić information content (AvgIpc) is 3.66. The molecule has 0 N–H and O–H groups in total. The van der Waals surface area contributed by atoms with Crippen LogP contribution in [-0.2, 0) is 0 Å². The van der Waals surface area contributed by atoms with E-state index in [4.69, 9.17) is 33.2 Å². The van der Waals surface area contributed by atoms with Crippen LogP contribution in [0.5, 0.6) is 0 Å². The molecule has 41 heavy (non-hydrogen) atoms. The summed E-state index contributed by atoms with van der Waals surface area (Å²) in [5.74, 6) is -2.31. The van der Waals surface area contributed by atoms with Crippen molar-refractivity contribution in [2.75, 3.05) is 0 Å². The van der Waals surface area contributed by atoms with Crippen molar-refractivity contribution >= 4 is 32.7 Å². The van der Waals surface area contributed by atoms with Gasteiger partial charge in [0.15, 0.2) is 17.5 Å². The lowest BCUT2D eigenvalue weighted by Crippen LogP contribution is -2.00. The van der Waals surface area contributed by atoms with Crippen LogP contribution in [0.4, 0.5) is 0 Å². The topological polar surface area (TPSA) is 51.8 Å². The molecule has 8 rings (SSSR count). The molecule has 6 aromatic carbocycles. The first-order valence-corrected chi connectivity index (χ1v) is 11.7. The standard InChI is InChI=1S/C37H23N3O/c1-4-13-24(14-5-1)32-28-20-11-10-19-27(28)23-30-33-29(21-12-22-31(33)41-34(30)32)37-39-35(25-15-6-2-7-16-25)38-36(40-37)26-17-8-3-9-18-26/h1-23H/i1D,2D,3D,4D,5D,6D,7D,8D,9D,10D,11D,12D,13D,14D,15D,16D,17D,18D,19D,20D,21D,22D,23D. The van der Waals surface area contributed by atoms with E-state index >= 15 is 0 Å². The Morgan fingerprint density at radius 2 is 1.05 bits per heavy atom. The van der Waals surface area contributed by atoms with Gasteiger partial charge in [0, 0.05) is 33.0 Å². The Kier molecular flexibility index (Phi) is 2.28. The molecule has 0 radical (unpaired) electrons. The molecule has 0 saturated carbocycles. The first kappa shape index (κ1) is 9.79. The maximum atomic E-state index is 9.53. The van der Waals surface area contributed by atoms with E-state index in [9.17, 15) is 2.74 Å². The molecule has 2 heterocycles. The number of fused-ring (bicyclic) bond motifs is 4. The fourth-order valence-corrected chi connectivity index (χ4v) is 4.31. The lowest BCUT2D eigenvalue weighted by atomic mass is 9.94. The van der Waals surface area contributed by atoms with Gasteiger partial charge in [-0.25, -0.2) is 15.0 Å². The molecular weight excluding hydrogens is 502 g/mol. The fraction of sp³-hybridized carbons (Fsp3) is 0. The molecule has 8 aromatic rings. The Hall–Kier alpha value is -5.61. The number of nitrogens with zero attached hydrogens (tertiary/aromatic N) is 3. The van der Waals surface area contributed by atoms with Crippen LogP contribution in [0.2, 0.25) is 0 Å². The van der Waals surface area contributed by atoms with Gasteiger partial charge < -0.3 is 4.42 Å². The molecule has 0 aliphatic heterocycles. The van der Waals surface area contributed by atoms with Crippen molar-refractivity contribution < 1.29 is 35.9 Å². The van der Waals surface area contributed by atoms with E-state index < -0.39 is 217 Å². The van der Waals surface area contributed by atoms with Crippen molar-refractivity contribution in [1.82, 2.24) is 15.0 Å². The molecule has 0 amide bonds. The second kappa shape index (κ2) is 9.54. The Morgan fingerprint density at radius 1 is 0.488 bits per heavy atom. The molecule has 4 nitrogen and oxygen atoms in total. The number of furan rings is 1. The third-order valence-electron chi connectivity index (χ3n) is 5.99. The monoisotopic (exact) mass is 548 g/mol. The van der Waals surface area contributed by atoms with E-state index in [1.807, 2.05) is 0 Å². The Bertz CT molecular complexity index is 3320. The number of benzene rings is 6. The minimum absolute atomic E-state index is 0.501. The zero-order valence-electron chi connectivity index (χ0n) is 43.2. The number of hydrogen-bond acceptors (Lipinski definition) is 4. The minimum atomic E-state index is -0.902. The quantitative estimate of drug-likeness (QED) is 0.220. The summed E-state index contributed by atoms with van der Waals surface area (Å²) in [6, 6.07) is -19.5. The van der Waals surface area contributed by atoms with Gasteiger partial charge in [-0.05, 0) is 28.4 Å². The highest BCUT2D eigenvalue weighted by Crippen LogP contribution is 2.43. The van der Waals surface area contributed by atoms with Gasteiger partial charge in [-0.1, -0.05) is 127 Å². The second-order valence-electron chi connectivity index (χ2n) is 8.32. The van der Waals surface area contributed by atoms with Gasteiger partial charge in [-0.2, -0.15) is 0 Å². The number of aromatic nitrogens is 3. The highest BCUT2D eigenvalue weighted by molar-refractivity contribution is 6.21. The average molecular weight is 549 g/mol. The van der Waals surface area contributed by atoms with Crippen molar-refractivity contribution in [3.63, 3.8) is 0 Å². The molecule has 0 spiro atoms. The molecule has 0 fully saturated rings. The van der Waals surface area contributed by atoms with Crippen LogP contribution in [0.3, 0.4) is 0 Å². The summed E-state index contributed by atoms with van der Waals surface area (Å²) in [5, 5.41) is -2.12. The lowest BCUT2D eigenvalue weighted by Gasteiger charge is -2.10. The van der Waals surface area contributed by atoms with Crippen molar-refractivity contribution in [3.05, 3.63) is 139 Å². The van der Waals surface area contributed by atoms with Crippen LogP contribution in [0.1, 0.15) is 31.5 Å². The Morgan fingerprint density at radius 3 is 1.71 bits per heavy atom. The molecule has 192 valence electrons. The summed E-state index contributed by atoms with van der Waals surface area (Å²) < 4.78 is 205. The number of hydrogen-bond donors (Lipinski definition) is 0. The summed E-state index contributed by atoms with van der Waals surface area (Å²) in [6.45, 7) is 0. The molecule has 0 atom stereocenters. The third kappa shape index (κ3) is 3.97. The summed E-state index contributed by atoms with van der Waals surface area (Å²) in [6.07, 6.45) is 0. The highest BCUT2D eigenvalue weighted by Gasteiger charge is 2.21. The van der Waals surface area contributed by atoms with Crippen molar-refractivity contribution in [1.29, 1.82) is 0 Å². The zero-order chi connectivity index (χ0) is 47.2. The van der Waals surface area contributed by atoms with Gasteiger partial charge in [0.1, 0.15) is 11.2 Å². The molecule has 0 bridgehead atoms. The molecule has 0 aliphatic carbocycles. The zero-order valence-corrected chi connectivity index (χ0v) is 20.2. The van der Waals surface area contributed by atoms with Gasteiger partial charge in [0.2, 0.25) is 0 Å². The molecule has 4 heteroatoms. The summed E-state index contributed by atoms with van der Waals surface area (Å²) in [7, 11) is 0. The van der Waals surface area contributed by atoms with E-state index in [1.165, 1.54) is 0 Å². The minimum Gasteiger partial charge on any atom is -0.455 e. The van der Waals surface area contributed by atoms with Gasteiger partial charge in [0.25, 0.3) is 0 Å². The highest BCUT2D eigenvalue weighted by atomic mass is 16.3. The van der Waals surface area contributed by atoms with Crippen LogP contribution in [0, 0.1) is 0 Å². The maximum absolute atomic E-state index is 9.53. The van der Waals surface area contributed by atoms with E-state index in [0.29, 0.717) is 0 Å². The molecule has 0 saturated heterocycles. The Balaban J connectivity index is 1.67. The molecule has 2 aromatic heterocycles. The van der Waals surface area contributed by atoms with E-state index in [-0.39, 0.29) is 0 Å². The van der Waals surface area contributed by atoms with Crippen molar-refractivity contribution in [2.24, 2.45) is 0 Å². The maximum Gasteiger partial charge on any atom is 0.164 e. The normalized spacial score (nSPS) is 19.3. The Labute approximate surface area is 268 Å². The summed E-state index contributed by atoms with van der Waals surface area (Å²) >= 11 is 0. The van der Waals surface area contributed by atoms with Gasteiger partial charge in [-0.15, -0.1) is 0 Å². The van der Waals surface area contributed by atoms with Gasteiger partial charge in [0.05, 0.1) is 31.5 Å². The van der Waals surface area contributed by atoms with Crippen LogP contribution >= 0.6 is 0 Å². The van der Waals surface area contributed by atoms with Crippen molar-refractivity contribution in [2.45, 2.75) is 0 Å². The largest absolute Gasteiger partial charge is 0.455 e. The van der Waals surface area contributed by atoms with Crippen LogP contribution in [0.15, 0.2) is 143 Å². The van der Waals surface area contributed by atoms with Crippen LogP contribution in [-0.4, -0.2) is 15.0 Å². The van der Waals surface area contributed by atoms with E-state index in [1.54, 1.807) is 0 Å². The predicted octanol–water partition coefficient (Wildman–Crippen LogP) is 9.59. The first-order chi connectivity index (χ1) is 29.9. The summed E-state index contributed by atoms with van der Waals surface area (Å²) in [5.41, 5.74) is -4.47. The predicted molar refractivity (Wildman–Crippen MR) is 166 cm³/mol. The first-order valence-electron chi connectivity index (χ1n) is 23.2. The SMILES string of the molecule is [2H]c1c([2H])c([2H])c(-c2nc(-c3c([2H])c([2H])c([2H])c([2H])c3[2H])nc(-c3c([2H])c([2H])c([2H])c4oc5c(-c6c([2H])c([2H])c([2H])c([2H])c6[2H])c6c([2H])c([2H])c([2H])c([2H])c6c([2H])c5c34)n2)c([2H])c1[2H]. The third-order valence-corrected chi connectivity index (χ3v) is 5.99. The second-order valence-corrected chi connectivity index (χ2v) is 8.32. The number of rotatable bonds is 4.